The Morgan fingerprint density at radius 1 is 1.44 bits per heavy atom. The lowest BCUT2D eigenvalue weighted by atomic mass is 9.80. The highest BCUT2D eigenvalue weighted by atomic mass is 16.5. The molecule has 0 spiro atoms. The molecule has 0 fully saturated rings. The minimum atomic E-state index is -0.455. The Balaban J connectivity index is 1.89. The van der Waals surface area contributed by atoms with E-state index < -0.39 is 6.10 Å². The maximum atomic E-state index is 10.5. The van der Waals surface area contributed by atoms with E-state index in [9.17, 15) is 5.11 Å². The molecule has 18 heavy (non-hydrogen) atoms. The second-order valence-electron chi connectivity index (χ2n) is 4.85. The Bertz CT molecular complexity index is 485. The minimum absolute atomic E-state index is 0.119. The highest BCUT2D eigenvalue weighted by Crippen LogP contribution is 2.36. The molecule has 1 aliphatic heterocycles. The van der Waals surface area contributed by atoms with Gasteiger partial charge < -0.3 is 15.2 Å². The van der Waals surface area contributed by atoms with Gasteiger partial charge in [0.05, 0.1) is 19.8 Å². The van der Waals surface area contributed by atoms with Crippen LogP contribution in [-0.4, -0.2) is 31.1 Å². The SMILES string of the molecule is COc1ccc2c(c1)CC[C@@H](C1=NCCN1)[C@@H]2O. The second kappa shape index (κ2) is 4.61. The van der Waals surface area contributed by atoms with Crippen LogP contribution in [0.5, 0.6) is 5.75 Å². The van der Waals surface area contributed by atoms with Gasteiger partial charge in [-0.05, 0) is 36.1 Å². The molecule has 96 valence electrons. The maximum absolute atomic E-state index is 10.5. The minimum Gasteiger partial charge on any atom is -0.497 e. The monoisotopic (exact) mass is 246 g/mol. The fourth-order valence-electron chi connectivity index (χ4n) is 2.85. The van der Waals surface area contributed by atoms with Crippen molar-refractivity contribution in [2.45, 2.75) is 18.9 Å². The Hall–Kier alpha value is -1.55. The molecular weight excluding hydrogens is 228 g/mol. The number of nitrogens with zero attached hydrogens (tertiary/aromatic N) is 1. The summed E-state index contributed by atoms with van der Waals surface area (Å²) >= 11 is 0. The van der Waals surface area contributed by atoms with Crippen LogP contribution in [0.4, 0.5) is 0 Å². The van der Waals surface area contributed by atoms with Crippen LogP contribution in [-0.2, 0) is 6.42 Å². The van der Waals surface area contributed by atoms with E-state index in [0.29, 0.717) is 0 Å². The molecule has 0 aromatic heterocycles. The first-order valence-electron chi connectivity index (χ1n) is 6.42. The van der Waals surface area contributed by atoms with Gasteiger partial charge in [0.2, 0.25) is 0 Å². The lowest BCUT2D eigenvalue weighted by Crippen LogP contribution is -2.34. The Morgan fingerprint density at radius 3 is 3.06 bits per heavy atom. The van der Waals surface area contributed by atoms with Crippen LogP contribution in [0.3, 0.4) is 0 Å². The number of methoxy groups -OCH3 is 1. The van der Waals surface area contributed by atoms with Crippen molar-refractivity contribution in [2.75, 3.05) is 20.2 Å². The van der Waals surface area contributed by atoms with Crippen LogP contribution in [0.25, 0.3) is 0 Å². The molecule has 0 saturated heterocycles. The number of benzene rings is 1. The highest BCUT2D eigenvalue weighted by Gasteiger charge is 2.32. The number of hydrogen-bond donors (Lipinski definition) is 2. The molecule has 3 rings (SSSR count). The van der Waals surface area contributed by atoms with Gasteiger partial charge in [0.1, 0.15) is 11.6 Å². The molecule has 1 aromatic rings. The smallest absolute Gasteiger partial charge is 0.119 e. The first-order chi connectivity index (χ1) is 8.79. The molecular formula is C14H18N2O2. The summed E-state index contributed by atoms with van der Waals surface area (Å²) < 4.78 is 5.22. The van der Waals surface area contributed by atoms with E-state index in [-0.39, 0.29) is 5.92 Å². The first-order valence-corrected chi connectivity index (χ1v) is 6.42. The molecule has 2 aliphatic rings. The first kappa shape index (κ1) is 11.5. The number of fused-ring (bicyclic) bond motifs is 1. The number of ether oxygens (including phenoxy) is 1. The number of hydrogen-bond acceptors (Lipinski definition) is 4. The Morgan fingerprint density at radius 2 is 2.33 bits per heavy atom. The van der Waals surface area contributed by atoms with Gasteiger partial charge in [-0.15, -0.1) is 0 Å². The lowest BCUT2D eigenvalue weighted by Gasteiger charge is -2.30. The number of amidine groups is 1. The van der Waals surface area contributed by atoms with Crippen molar-refractivity contribution in [3.05, 3.63) is 29.3 Å². The zero-order chi connectivity index (χ0) is 12.5. The summed E-state index contributed by atoms with van der Waals surface area (Å²) in [6.07, 6.45) is 1.45. The number of aryl methyl sites for hydroxylation is 1. The van der Waals surface area contributed by atoms with Crippen molar-refractivity contribution in [1.82, 2.24) is 5.32 Å². The van der Waals surface area contributed by atoms with Crippen molar-refractivity contribution in [1.29, 1.82) is 0 Å². The van der Waals surface area contributed by atoms with E-state index in [1.807, 2.05) is 18.2 Å². The van der Waals surface area contributed by atoms with E-state index in [1.165, 1.54) is 5.56 Å². The predicted octanol–water partition coefficient (Wildman–Crippen LogP) is 1.29. The topological polar surface area (TPSA) is 53.8 Å². The van der Waals surface area contributed by atoms with E-state index in [0.717, 1.165) is 43.1 Å². The summed E-state index contributed by atoms with van der Waals surface area (Å²) in [6, 6.07) is 5.91. The maximum Gasteiger partial charge on any atom is 0.119 e. The summed E-state index contributed by atoms with van der Waals surface area (Å²) in [5.74, 6) is 1.95. The van der Waals surface area contributed by atoms with E-state index in [1.54, 1.807) is 7.11 Å². The molecule has 0 bridgehead atoms. The summed E-state index contributed by atoms with van der Waals surface area (Å²) in [4.78, 5) is 4.44. The van der Waals surface area contributed by atoms with Gasteiger partial charge in [-0.1, -0.05) is 6.07 Å². The van der Waals surface area contributed by atoms with E-state index in [2.05, 4.69) is 10.3 Å². The summed E-state index contributed by atoms with van der Waals surface area (Å²) in [5, 5.41) is 13.8. The largest absolute Gasteiger partial charge is 0.497 e. The summed E-state index contributed by atoms with van der Waals surface area (Å²) in [6.45, 7) is 1.72. The number of aliphatic hydroxyl groups excluding tert-OH is 1. The predicted molar refractivity (Wildman–Crippen MR) is 70.1 cm³/mol. The summed E-state index contributed by atoms with van der Waals surface area (Å²) in [7, 11) is 1.67. The molecule has 2 N–H and O–H groups in total. The molecule has 1 heterocycles. The van der Waals surface area contributed by atoms with Crippen LogP contribution < -0.4 is 10.1 Å². The molecule has 1 aromatic carbocycles. The third-order valence-corrected chi connectivity index (χ3v) is 3.83. The zero-order valence-electron chi connectivity index (χ0n) is 10.5. The third-order valence-electron chi connectivity index (χ3n) is 3.83. The lowest BCUT2D eigenvalue weighted by molar-refractivity contribution is 0.125. The van der Waals surface area contributed by atoms with Crippen LogP contribution in [0.2, 0.25) is 0 Å². The highest BCUT2D eigenvalue weighted by molar-refractivity contribution is 5.86. The normalized spacial score (nSPS) is 26.2. The standard InChI is InChI=1S/C14H18N2O2/c1-18-10-3-5-11-9(8-10)2-4-12(13(11)17)14-15-6-7-16-14/h3,5,8,12-13,17H,2,4,6-7H2,1H3,(H,15,16)/t12-,13-/m1/s1. The van der Waals surface area contributed by atoms with Crippen molar-refractivity contribution >= 4 is 5.84 Å². The van der Waals surface area contributed by atoms with Gasteiger partial charge in [0.15, 0.2) is 0 Å². The fourth-order valence-corrected chi connectivity index (χ4v) is 2.85. The van der Waals surface area contributed by atoms with Crippen molar-refractivity contribution in [2.24, 2.45) is 10.9 Å². The molecule has 1 aliphatic carbocycles. The van der Waals surface area contributed by atoms with E-state index in [4.69, 9.17) is 4.74 Å². The summed E-state index contributed by atoms with van der Waals surface area (Å²) in [5.41, 5.74) is 2.21. The third kappa shape index (κ3) is 1.86. The van der Waals surface area contributed by atoms with Gasteiger partial charge >= 0.3 is 0 Å². The zero-order valence-corrected chi connectivity index (χ0v) is 10.5. The Labute approximate surface area is 107 Å². The average molecular weight is 246 g/mol. The van der Waals surface area contributed by atoms with Crippen LogP contribution >= 0.6 is 0 Å². The fraction of sp³-hybridized carbons (Fsp3) is 0.500. The molecule has 2 atom stereocenters. The van der Waals surface area contributed by atoms with Gasteiger partial charge in [-0.25, -0.2) is 0 Å². The molecule has 4 nitrogen and oxygen atoms in total. The number of aliphatic hydroxyl groups is 1. The van der Waals surface area contributed by atoms with Crippen molar-refractivity contribution in [3.8, 4) is 5.75 Å². The van der Waals surface area contributed by atoms with Gasteiger partial charge in [-0.3, -0.25) is 4.99 Å². The molecule has 0 radical (unpaired) electrons. The van der Waals surface area contributed by atoms with Gasteiger partial charge in [0.25, 0.3) is 0 Å². The number of nitrogens with one attached hydrogen (secondary N) is 1. The molecule has 0 unspecified atom stereocenters. The average Bonchev–Trinajstić information content (AvgIpc) is 2.92. The van der Waals surface area contributed by atoms with Crippen LogP contribution in [0, 0.1) is 5.92 Å². The van der Waals surface area contributed by atoms with Crippen LogP contribution in [0.1, 0.15) is 23.7 Å². The Kier molecular flexibility index (Phi) is 2.96. The second-order valence-corrected chi connectivity index (χ2v) is 4.85. The molecule has 0 amide bonds. The number of aliphatic imine (C=N–C) groups is 1. The van der Waals surface area contributed by atoms with Crippen molar-refractivity contribution < 1.29 is 9.84 Å². The van der Waals surface area contributed by atoms with Crippen molar-refractivity contribution in [3.63, 3.8) is 0 Å². The molecule has 4 heteroatoms. The quantitative estimate of drug-likeness (QED) is 0.827. The van der Waals surface area contributed by atoms with Gasteiger partial charge in [-0.2, -0.15) is 0 Å². The van der Waals surface area contributed by atoms with E-state index >= 15 is 0 Å². The van der Waals surface area contributed by atoms with Crippen LogP contribution in [0.15, 0.2) is 23.2 Å². The number of rotatable bonds is 2. The van der Waals surface area contributed by atoms with Gasteiger partial charge in [0, 0.05) is 12.5 Å². The molecule has 0 saturated carbocycles.